The molecule has 8 heteroatoms. The number of aromatic nitrogens is 4. The molecule has 1 atom stereocenters. The summed E-state index contributed by atoms with van der Waals surface area (Å²) in [6, 6.07) is 2.13. The van der Waals surface area contributed by atoms with Crippen LogP contribution < -0.4 is 0 Å². The highest BCUT2D eigenvalue weighted by Gasteiger charge is 2.28. The minimum Gasteiger partial charge on any atom is -0.390 e. The van der Waals surface area contributed by atoms with Crippen molar-refractivity contribution in [1.29, 1.82) is 0 Å². The molecule has 4 rings (SSSR count). The summed E-state index contributed by atoms with van der Waals surface area (Å²) in [4.78, 5) is 23.5. The van der Waals surface area contributed by atoms with Gasteiger partial charge in [-0.2, -0.15) is 5.10 Å². The van der Waals surface area contributed by atoms with Crippen LogP contribution in [0.25, 0.3) is 0 Å². The average molecular weight is 344 g/mol. The number of nitrogens with zero attached hydrogens (tertiary/aromatic N) is 4. The van der Waals surface area contributed by atoms with Crippen LogP contribution in [-0.4, -0.2) is 73.3 Å². The van der Waals surface area contributed by atoms with Gasteiger partial charge in [0.05, 0.1) is 11.8 Å². The average Bonchev–Trinajstić information content (AvgIpc) is 3.23. The number of aliphatic hydroxyl groups excluding tert-OH is 1. The van der Waals surface area contributed by atoms with Gasteiger partial charge in [0.15, 0.2) is 5.82 Å². The fourth-order valence-corrected chi connectivity index (χ4v) is 3.34. The topological polar surface area (TPSA) is 101 Å². The van der Waals surface area contributed by atoms with Crippen LogP contribution in [0.4, 0.5) is 0 Å². The molecule has 25 heavy (non-hydrogen) atoms. The summed E-state index contributed by atoms with van der Waals surface area (Å²) < 4.78 is 0. The molecule has 1 amide bonds. The van der Waals surface area contributed by atoms with E-state index in [1.165, 1.54) is 12.8 Å². The molecule has 3 N–H and O–H groups in total. The van der Waals surface area contributed by atoms with Crippen LogP contribution in [0, 0.1) is 6.92 Å². The Morgan fingerprint density at radius 3 is 2.92 bits per heavy atom. The molecule has 0 bridgehead atoms. The van der Waals surface area contributed by atoms with Crippen molar-refractivity contribution in [3.63, 3.8) is 0 Å². The highest BCUT2D eigenvalue weighted by atomic mass is 16.3. The van der Waals surface area contributed by atoms with Crippen LogP contribution in [0.3, 0.4) is 0 Å². The number of carbonyl (C=O) groups excluding carboxylic acids is 1. The lowest BCUT2D eigenvalue weighted by Gasteiger charge is -2.20. The van der Waals surface area contributed by atoms with E-state index in [0.717, 1.165) is 17.1 Å². The maximum atomic E-state index is 12.5. The highest BCUT2D eigenvalue weighted by molar-refractivity contribution is 5.90. The predicted octanol–water partition coefficient (Wildman–Crippen LogP) is 0.638. The van der Waals surface area contributed by atoms with Crippen molar-refractivity contribution in [2.75, 3.05) is 26.2 Å². The van der Waals surface area contributed by atoms with Gasteiger partial charge in [-0.1, -0.05) is 0 Å². The maximum absolute atomic E-state index is 12.5. The standard InChI is InChI=1S/C17H24N6O2/c1-11-7-18-16(19-11)17(25)23-5-4-22(9-14(24)10-23)8-13-6-15(21-20-13)12-2-3-12/h6-7,12,14,24H,2-5,8-10H2,1H3,(H,18,19)(H,20,21). The molecule has 2 aromatic rings. The third-order valence-electron chi connectivity index (χ3n) is 4.82. The molecular formula is C17H24N6O2. The Morgan fingerprint density at radius 1 is 1.36 bits per heavy atom. The Kier molecular flexibility index (Phi) is 4.30. The first kappa shape index (κ1) is 16.3. The van der Waals surface area contributed by atoms with Gasteiger partial charge in [0.1, 0.15) is 0 Å². The van der Waals surface area contributed by atoms with E-state index in [9.17, 15) is 9.90 Å². The minimum atomic E-state index is -0.576. The van der Waals surface area contributed by atoms with E-state index in [-0.39, 0.29) is 5.91 Å². The predicted molar refractivity (Wildman–Crippen MR) is 91.1 cm³/mol. The number of aliphatic hydroxyl groups is 1. The molecule has 0 radical (unpaired) electrons. The van der Waals surface area contributed by atoms with Crippen LogP contribution in [0.5, 0.6) is 0 Å². The molecule has 1 aliphatic carbocycles. The third kappa shape index (κ3) is 3.74. The number of amides is 1. The second kappa shape index (κ2) is 6.61. The number of nitrogens with one attached hydrogen (secondary N) is 2. The number of β-amino-alcohol motifs (C(OH)–C–C–N with tert-alkyl or cyclic N) is 1. The van der Waals surface area contributed by atoms with E-state index < -0.39 is 6.10 Å². The summed E-state index contributed by atoms with van der Waals surface area (Å²) >= 11 is 0. The number of rotatable bonds is 4. The molecule has 1 unspecified atom stereocenters. The first-order valence-electron chi connectivity index (χ1n) is 8.84. The van der Waals surface area contributed by atoms with Crippen molar-refractivity contribution in [3.8, 4) is 0 Å². The number of aromatic amines is 2. The van der Waals surface area contributed by atoms with Gasteiger partial charge in [0.25, 0.3) is 5.91 Å². The number of hydrogen-bond donors (Lipinski definition) is 3. The van der Waals surface area contributed by atoms with Crippen molar-refractivity contribution < 1.29 is 9.90 Å². The van der Waals surface area contributed by atoms with Gasteiger partial charge >= 0.3 is 0 Å². The number of H-pyrrole nitrogens is 2. The number of aryl methyl sites for hydroxylation is 1. The molecule has 1 aliphatic heterocycles. The summed E-state index contributed by atoms with van der Waals surface area (Å²) in [7, 11) is 0. The van der Waals surface area contributed by atoms with E-state index in [1.54, 1.807) is 11.1 Å². The summed E-state index contributed by atoms with van der Waals surface area (Å²) in [6.45, 7) is 4.71. The fraction of sp³-hybridized carbons (Fsp3) is 0.588. The first-order valence-corrected chi connectivity index (χ1v) is 8.84. The van der Waals surface area contributed by atoms with Gasteiger partial charge in [-0.3, -0.25) is 14.8 Å². The molecular weight excluding hydrogens is 320 g/mol. The lowest BCUT2D eigenvalue weighted by Crippen LogP contribution is -2.38. The summed E-state index contributed by atoms with van der Waals surface area (Å²) in [5.74, 6) is 0.803. The van der Waals surface area contributed by atoms with E-state index in [0.29, 0.717) is 44.5 Å². The van der Waals surface area contributed by atoms with Crippen LogP contribution in [0.15, 0.2) is 12.3 Å². The summed E-state index contributed by atoms with van der Waals surface area (Å²) in [6.07, 6.45) is 3.53. The van der Waals surface area contributed by atoms with Gasteiger partial charge in [0.2, 0.25) is 0 Å². The monoisotopic (exact) mass is 344 g/mol. The largest absolute Gasteiger partial charge is 0.390 e. The number of hydrogen-bond acceptors (Lipinski definition) is 5. The van der Waals surface area contributed by atoms with Gasteiger partial charge in [0, 0.05) is 56.2 Å². The van der Waals surface area contributed by atoms with Crippen molar-refractivity contribution in [3.05, 3.63) is 35.2 Å². The Hall–Kier alpha value is -2.19. The van der Waals surface area contributed by atoms with Gasteiger partial charge in [-0.15, -0.1) is 0 Å². The van der Waals surface area contributed by atoms with E-state index in [2.05, 4.69) is 31.1 Å². The van der Waals surface area contributed by atoms with Crippen molar-refractivity contribution in [2.45, 2.75) is 38.3 Å². The zero-order valence-corrected chi connectivity index (χ0v) is 14.4. The third-order valence-corrected chi connectivity index (χ3v) is 4.82. The molecule has 2 aliphatic rings. The Morgan fingerprint density at radius 2 is 2.20 bits per heavy atom. The van der Waals surface area contributed by atoms with E-state index >= 15 is 0 Å². The number of carbonyl (C=O) groups is 1. The maximum Gasteiger partial charge on any atom is 0.289 e. The van der Waals surface area contributed by atoms with Gasteiger partial charge < -0.3 is 15.0 Å². The summed E-state index contributed by atoms with van der Waals surface area (Å²) in [5, 5.41) is 17.8. The second-order valence-corrected chi connectivity index (χ2v) is 7.15. The Bertz CT molecular complexity index is 750. The smallest absolute Gasteiger partial charge is 0.289 e. The lowest BCUT2D eigenvalue weighted by molar-refractivity contribution is 0.0652. The number of imidazole rings is 1. The molecule has 1 saturated carbocycles. The molecule has 8 nitrogen and oxygen atoms in total. The lowest BCUT2D eigenvalue weighted by atomic mass is 10.2. The zero-order valence-electron chi connectivity index (χ0n) is 14.4. The van der Waals surface area contributed by atoms with Crippen molar-refractivity contribution in [2.24, 2.45) is 0 Å². The van der Waals surface area contributed by atoms with Crippen LogP contribution in [0.1, 0.15) is 46.5 Å². The molecule has 0 spiro atoms. The molecule has 134 valence electrons. The normalized spacial score (nSPS) is 22.2. The van der Waals surface area contributed by atoms with Gasteiger partial charge in [-0.25, -0.2) is 4.98 Å². The molecule has 1 saturated heterocycles. The molecule has 0 aromatic carbocycles. The van der Waals surface area contributed by atoms with Crippen molar-refractivity contribution in [1.82, 2.24) is 30.0 Å². The molecule has 2 aromatic heterocycles. The minimum absolute atomic E-state index is 0.161. The summed E-state index contributed by atoms with van der Waals surface area (Å²) in [5.41, 5.74) is 3.07. The van der Waals surface area contributed by atoms with E-state index in [1.807, 2.05) is 6.92 Å². The fourth-order valence-electron chi connectivity index (χ4n) is 3.34. The van der Waals surface area contributed by atoms with Crippen LogP contribution in [-0.2, 0) is 6.54 Å². The van der Waals surface area contributed by atoms with Gasteiger partial charge in [-0.05, 0) is 25.8 Å². The second-order valence-electron chi connectivity index (χ2n) is 7.15. The first-order chi connectivity index (χ1) is 12.1. The molecule has 3 heterocycles. The highest BCUT2D eigenvalue weighted by Crippen LogP contribution is 2.39. The zero-order chi connectivity index (χ0) is 17.4. The van der Waals surface area contributed by atoms with Crippen LogP contribution >= 0.6 is 0 Å². The Labute approximate surface area is 146 Å². The Balaban J connectivity index is 1.38. The van der Waals surface area contributed by atoms with E-state index in [4.69, 9.17) is 0 Å². The quantitative estimate of drug-likeness (QED) is 0.755. The SMILES string of the molecule is Cc1cnc(C(=O)N2CCN(Cc3cc(C4CC4)n[nH]3)CC(O)C2)[nH]1. The van der Waals surface area contributed by atoms with Crippen molar-refractivity contribution >= 4 is 5.91 Å². The van der Waals surface area contributed by atoms with Crippen LogP contribution in [0.2, 0.25) is 0 Å². The molecule has 2 fully saturated rings.